The molecule has 86 valence electrons. The summed E-state index contributed by atoms with van der Waals surface area (Å²) < 4.78 is 0. The molecule has 0 saturated carbocycles. The predicted molar refractivity (Wildman–Crippen MR) is 54.9 cm³/mol. The van der Waals surface area contributed by atoms with Gasteiger partial charge in [0.05, 0.1) is 0 Å². The molecule has 0 bridgehead atoms. The van der Waals surface area contributed by atoms with E-state index in [1.807, 2.05) is 0 Å². The van der Waals surface area contributed by atoms with Gasteiger partial charge in [-0.1, -0.05) is 0 Å². The topological polar surface area (TPSA) is 86.3 Å². The Kier molecular flexibility index (Phi) is 2.89. The van der Waals surface area contributed by atoms with Crippen LogP contribution in [-0.2, 0) is 4.79 Å². The summed E-state index contributed by atoms with van der Waals surface area (Å²) in [5.41, 5.74) is 0. The molecule has 6 heteroatoms. The van der Waals surface area contributed by atoms with Crippen LogP contribution < -0.4 is 0 Å². The molecule has 1 unspecified atom stereocenters. The third-order valence-corrected chi connectivity index (χ3v) is 2.75. The molecule has 2 N–H and O–H groups in total. The smallest absolute Gasteiger partial charge is 0.326 e. The van der Waals surface area contributed by atoms with Gasteiger partial charge in [0.2, 0.25) is 0 Å². The predicted octanol–water partition coefficient (Wildman–Crippen LogP) is 0.489. The number of carboxylic acid groups (broad SMARTS) is 1. The largest absolute Gasteiger partial charge is 0.480 e. The van der Waals surface area contributed by atoms with Gasteiger partial charge in [0.1, 0.15) is 6.04 Å². The van der Waals surface area contributed by atoms with Gasteiger partial charge in [-0.15, -0.1) is 0 Å². The van der Waals surface area contributed by atoms with Crippen LogP contribution in [0.2, 0.25) is 0 Å². The lowest BCUT2D eigenvalue weighted by Crippen LogP contribution is -2.48. The molecule has 0 radical (unpaired) electrons. The average Bonchev–Trinajstić information content (AvgIpc) is 2.81. The standard InChI is InChI=1S/C10H13N3O3/c14-9(8-11-4-5-12-8)13-6-2-1-3-7(13)10(15)16/h4-5,7H,1-3,6H2,(H,11,12)(H,15,16). The minimum Gasteiger partial charge on any atom is -0.480 e. The van der Waals surface area contributed by atoms with Gasteiger partial charge in [0.15, 0.2) is 5.82 Å². The zero-order chi connectivity index (χ0) is 11.5. The second-order valence-corrected chi connectivity index (χ2v) is 3.79. The van der Waals surface area contributed by atoms with Crippen molar-refractivity contribution in [2.75, 3.05) is 6.54 Å². The second-order valence-electron chi connectivity index (χ2n) is 3.79. The highest BCUT2D eigenvalue weighted by atomic mass is 16.4. The normalized spacial score (nSPS) is 20.8. The third-order valence-electron chi connectivity index (χ3n) is 2.75. The number of aliphatic carboxylic acids is 1. The minimum atomic E-state index is -0.945. The fraction of sp³-hybridized carbons (Fsp3) is 0.500. The molecule has 1 aliphatic heterocycles. The number of imidazole rings is 1. The fourth-order valence-corrected chi connectivity index (χ4v) is 1.95. The first-order valence-electron chi connectivity index (χ1n) is 5.23. The van der Waals surface area contributed by atoms with Crippen molar-refractivity contribution in [1.29, 1.82) is 0 Å². The highest BCUT2D eigenvalue weighted by Gasteiger charge is 2.33. The molecular weight excluding hydrogens is 210 g/mol. The minimum absolute atomic E-state index is 0.202. The van der Waals surface area contributed by atoms with Crippen LogP contribution in [0.5, 0.6) is 0 Å². The maximum atomic E-state index is 11.9. The molecule has 2 rings (SSSR count). The van der Waals surface area contributed by atoms with Crippen LogP contribution in [0.3, 0.4) is 0 Å². The van der Waals surface area contributed by atoms with Gasteiger partial charge < -0.3 is 15.0 Å². The number of H-pyrrole nitrogens is 1. The molecule has 0 aliphatic carbocycles. The Morgan fingerprint density at radius 1 is 1.50 bits per heavy atom. The summed E-state index contributed by atoms with van der Waals surface area (Å²) in [6.45, 7) is 0.483. The van der Waals surface area contributed by atoms with Gasteiger partial charge in [0, 0.05) is 18.9 Å². The molecule has 0 spiro atoms. The van der Waals surface area contributed by atoms with E-state index in [2.05, 4.69) is 9.97 Å². The molecule has 6 nitrogen and oxygen atoms in total. The Morgan fingerprint density at radius 3 is 2.94 bits per heavy atom. The third kappa shape index (κ3) is 1.91. The first kappa shape index (κ1) is 10.7. The molecular formula is C10H13N3O3. The number of likely N-dealkylation sites (tertiary alicyclic amines) is 1. The fourth-order valence-electron chi connectivity index (χ4n) is 1.95. The average molecular weight is 223 g/mol. The molecule has 1 amide bonds. The highest BCUT2D eigenvalue weighted by Crippen LogP contribution is 2.18. The number of hydrogen-bond acceptors (Lipinski definition) is 3. The SMILES string of the molecule is O=C(O)C1CCCCN1C(=O)c1ncc[nH]1. The Bertz CT molecular complexity index is 388. The van der Waals surface area contributed by atoms with Gasteiger partial charge >= 0.3 is 5.97 Å². The van der Waals surface area contributed by atoms with E-state index >= 15 is 0 Å². The second kappa shape index (κ2) is 4.34. The molecule has 1 aromatic rings. The van der Waals surface area contributed by atoms with Crippen LogP contribution >= 0.6 is 0 Å². The summed E-state index contributed by atoms with van der Waals surface area (Å²) in [6, 6.07) is -0.716. The van der Waals surface area contributed by atoms with Gasteiger partial charge in [-0.05, 0) is 19.3 Å². The Balaban J connectivity index is 2.17. The van der Waals surface area contributed by atoms with E-state index in [9.17, 15) is 9.59 Å². The number of carboxylic acids is 1. The maximum Gasteiger partial charge on any atom is 0.326 e. The Labute approximate surface area is 92.3 Å². The number of carbonyl (C=O) groups is 2. The van der Waals surface area contributed by atoms with Crippen molar-refractivity contribution in [1.82, 2.24) is 14.9 Å². The van der Waals surface area contributed by atoms with E-state index in [1.54, 1.807) is 6.20 Å². The highest BCUT2D eigenvalue weighted by molar-refractivity contribution is 5.93. The van der Waals surface area contributed by atoms with E-state index in [0.717, 1.165) is 12.8 Å². The van der Waals surface area contributed by atoms with Gasteiger partial charge in [-0.3, -0.25) is 4.79 Å². The lowest BCUT2D eigenvalue weighted by molar-refractivity contribution is -0.143. The quantitative estimate of drug-likeness (QED) is 0.763. The van der Waals surface area contributed by atoms with Crippen molar-refractivity contribution in [3.8, 4) is 0 Å². The lowest BCUT2D eigenvalue weighted by Gasteiger charge is -2.32. The zero-order valence-corrected chi connectivity index (χ0v) is 8.72. The molecule has 0 aromatic carbocycles. The molecule has 1 saturated heterocycles. The van der Waals surface area contributed by atoms with E-state index in [0.29, 0.717) is 13.0 Å². The molecule has 1 fully saturated rings. The van der Waals surface area contributed by atoms with Gasteiger partial charge in [-0.25, -0.2) is 9.78 Å². The summed E-state index contributed by atoms with van der Waals surface area (Å²) in [4.78, 5) is 30.9. The summed E-state index contributed by atoms with van der Waals surface area (Å²) in [5.74, 6) is -1.08. The van der Waals surface area contributed by atoms with Crippen LogP contribution in [0.1, 0.15) is 29.9 Å². The number of rotatable bonds is 2. The van der Waals surface area contributed by atoms with Crippen molar-refractivity contribution in [2.24, 2.45) is 0 Å². The van der Waals surface area contributed by atoms with Crippen molar-refractivity contribution >= 4 is 11.9 Å². The molecule has 1 atom stereocenters. The number of nitrogens with one attached hydrogen (secondary N) is 1. The van der Waals surface area contributed by atoms with Crippen LogP contribution in [0.15, 0.2) is 12.4 Å². The first-order valence-corrected chi connectivity index (χ1v) is 5.23. The molecule has 16 heavy (non-hydrogen) atoms. The van der Waals surface area contributed by atoms with E-state index in [-0.39, 0.29) is 11.7 Å². The van der Waals surface area contributed by atoms with Crippen LogP contribution in [0.25, 0.3) is 0 Å². The number of aromatic nitrogens is 2. The van der Waals surface area contributed by atoms with Gasteiger partial charge in [0.25, 0.3) is 5.91 Å². The number of hydrogen-bond donors (Lipinski definition) is 2. The maximum absolute atomic E-state index is 11.9. The zero-order valence-electron chi connectivity index (χ0n) is 8.72. The van der Waals surface area contributed by atoms with Crippen LogP contribution in [0, 0.1) is 0 Å². The summed E-state index contributed by atoms with van der Waals surface area (Å²) >= 11 is 0. The summed E-state index contributed by atoms with van der Waals surface area (Å²) in [7, 11) is 0. The lowest BCUT2D eigenvalue weighted by atomic mass is 10.0. The van der Waals surface area contributed by atoms with E-state index in [4.69, 9.17) is 5.11 Å². The number of carbonyl (C=O) groups excluding carboxylic acids is 1. The van der Waals surface area contributed by atoms with E-state index in [1.165, 1.54) is 11.1 Å². The van der Waals surface area contributed by atoms with Crippen LogP contribution in [0.4, 0.5) is 0 Å². The summed E-state index contributed by atoms with van der Waals surface area (Å²) in [5, 5.41) is 9.03. The van der Waals surface area contributed by atoms with Crippen molar-refractivity contribution < 1.29 is 14.7 Å². The van der Waals surface area contributed by atoms with Crippen molar-refractivity contribution in [3.05, 3.63) is 18.2 Å². The van der Waals surface area contributed by atoms with Gasteiger partial charge in [-0.2, -0.15) is 0 Å². The number of aromatic amines is 1. The van der Waals surface area contributed by atoms with Crippen LogP contribution in [-0.4, -0.2) is 44.4 Å². The van der Waals surface area contributed by atoms with Crippen molar-refractivity contribution in [3.63, 3.8) is 0 Å². The Hall–Kier alpha value is -1.85. The number of nitrogens with zero attached hydrogens (tertiary/aromatic N) is 2. The monoisotopic (exact) mass is 223 g/mol. The molecule has 1 aliphatic rings. The number of amides is 1. The first-order chi connectivity index (χ1) is 7.70. The molecule has 2 heterocycles. The van der Waals surface area contributed by atoms with Crippen molar-refractivity contribution in [2.45, 2.75) is 25.3 Å². The molecule has 1 aromatic heterocycles. The van der Waals surface area contributed by atoms with E-state index < -0.39 is 12.0 Å². The summed E-state index contributed by atoms with van der Waals surface area (Å²) in [6.07, 6.45) is 5.23. The number of piperidine rings is 1. The Morgan fingerprint density at radius 2 is 2.31 bits per heavy atom.